The lowest BCUT2D eigenvalue weighted by atomic mass is 10.0. The average molecular weight is 373 g/mol. The van der Waals surface area contributed by atoms with Gasteiger partial charge in [0.2, 0.25) is 6.79 Å². The van der Waals surface area contributed by atoms with Gasteiger partial charge in [0, 0.05) is 11.1 Å². The molecule has 1 aromatic carbocycles. The average Bonchev–Trinajstić information content (AvgIpc) is 3.27. The number of hydrogen-bond acceptors (Lipinski definition) is 7. The van der Waals surface area contributed by atoms with E-state index in [0.717, 1.165) is 0 Å². The minimum atomic E-state index is -0.754. The van der Waals surface area contributed by atoms with E-state index in [1.54, 1.807) is 26.0 Å². The van der Waals surface area contributed by atoms with Gasteiger partial charge >= 0.3 is 11.9 Å². The second-order valence-corrected chi connectivity index (χ2v) is 6.27. The zero-order chi connectivity index (χ0) is 19.1. The summed E-state index contributed by atoms with van der Waals surface area (Å²) in [6.07, 6.45) is 0.792. The number of nitrogens with zero attached hydrogens (tertiary/aromatic N) is 1. The Morgan fingerprint density at radius 3 is 2.44 bits per heavy atom. The highest BCUT2D eigenvalue weighted by atomic mass is 16.7. The summed E-state index contributed by atoms with van der Waals surface area (Å²) in [7, 11) is 0. The zero-order valence-corrected chi connectivity index (χ0v) is 15.1. The van der Waals surface area contributed by atoms with Crippen molar-refractivity contribution in [3.63, 3.8) is 0 Å². The normalized spacial score (nSPS) is 17.0. The highest BCUT2D eigenvalue weighted by molar-refractivity contribution is 6.06. The van der Waals surface area contributed by atoms with E-state index in [-0.39, 0.29) is 36.5 Å². The molecule has 0 aliphatic carbocycles. The summed E-state index contributed by atoms with van der Waals surface area (Å²) in [4.78, 5) is 38.2. The molecule has 4 rings (SSSR count). The number of carbonyl (C=O) groups is 2. The van der Waals surface area contributed by atoms with Gasteiger partial charge in [0.15, 0.2) is 11.5 Å². The molecule has 0 N–H and O–H groups in total. The molecular weight excluding hydrogens is 354 g/mol. The fraction of sp³-hybridized carbons (Fsp3) is 0.421. The monoisotopic (exact) mass is 373 g/mol. The lowest BCUT2D eigenvalue weighted by molar-refractivity contribution is -0.147. The van der Waals surface area contributed by atoms with Crippen molar-refractivity contribution in [2.75, 3.05) is 20.0 Å². The van der Waals surface area contributed by atoms with Gasteiger partial charge in [-0.1, -0.05) is 0 Å². The molecule has 2 aliphatic rings. The molecular formula is C19H19NO7. The molecule has 2 aliphatic heterocycles. The molecule has 0 spiro atoms. The van der Waals surface area contributed by atoms with Crippen molar-refractivity contribution < 1.29 is 28.5 Å². The Balaban J connectivity index is 2.01. The number of aromatic nitrogens is 1. The standard InChI is InChI=1S/C19H19NO7/c1-3-24-18(22)13-6-5-12-16(19(23)25-4-2)10-7-14-15(27-9-26-14)8-11(10)17(21)20(12)13/h7-8,13H,3-6,9H2,1-2H3/t13-/m0/s1. The molecule has 1 aromatic heterocycles. The highest BCUT2D eigenvalue weighted by Gasteiger charge is 2.36. The van der Waals surface area contributed by atoms with Crippen molar-refractivity contribution in [1.82, 2.24) is 4.57 Å². The van der Waals surface area contributed by atoms with Gasteiger partial charge < -0.3 is 18.9 Å². The van der Waals surface area contributed by atoms with E-state index in [9.17, 15) is 14.4 Å². The third-order valence-electron chi connectivity index (χ3n) is 4.82. The summed E-state index contributed by atoms with van der Waals surface area (Å²) in [6, 6.07) is 2.43. The lowest BCUT2D eigenvalue weighted by Gasteiger charge is -2.17. The zero-order valence-electron chi connectivity index (χ0n) is 15.1. The maximum Gasteiger partial charge on any atom is 0.340 e. The molecule has 0 bridgehead atoms. The van der Waals surface area contributed by atoms with Crippen molar-refractivity contribution in [1.29, 1.82) is 0 Å². The number of pyridine rings is 1. The number of ether oxygens (including phenoxy) is 4. The van der Waals surface area contributed by atoms with Crippen LogP contribution < -0.4 is 15.0 Å². The summed E-state index contributed by atoms with van der Waals surface area (Å²) in [6.45, 7) is 3.89. The van der Waals surface area contributed by atoms with Gasteiger partial charge in [0.25, 0.3) is 5.56 Å². The minimum absolute atomic E-state index is 0.0485. The van der Waals surface area contributed by atoms with Crippen LogP contribution in [0.1, 0.15) is 42.4 Å². The van der Waals surface area contributed by atoms with Crippen LogP contribution in [0, 0.1) is 0 Å². The van der Waals surface area contributed by atoms with Crippen LogP contribution in [0.15, 0.2) is 16.9 Å². The van der Waals surface area contributed by atoms with E-state index in [1.165, 1.54) is 4.57 Å². The van der Waals surface area contributed by atoms with Crippen molar-refractivity contribution in [2.24, 2.45) is 0 Å². The summed E-state index contributed by atoms with van der Waals surface area (Å²) in [5.41, 5.74) is 0.418. The molecule has 3 heterocycles. The number of hydrogen-bond donors (Lipinski definition) is 0. The maximum absolute atomic E-state index is 13.2. The molecule has 0 amide bonds. The summed E-state index contributed by atoms with van der Waals surface area (Å²) in [5.74, 6) is -0.110. The molecule has 1 atom stereocenters. The largest absolute Gasteiger partial charge is 0.464 e. The molecule has 0 saturated carbocycles. The molecule has 142 valence electrons. The molecule has 27 heavy (non-hydrogen) atoms. The van der Waals surface area contributed by atoms with Gasteiger partial charge in [-0.25, -0.2) is 9.59 Å². The van der Waals surface area contributed by atoms with Crippen LogP contribution in [-0.2, 0) is 20.7 Å². The van der Waals surface area contributed by atoms with Crippen molar-refractivity contribution in [2.45, 2.75) is 32.7 Å². The second-order valence-electron chi connectivity index (χ2n) is 6.27. The van der Waals surface area contributed by atoms with Gasteiger partial charge in [-0.15, -0.1) is 0 Å². The first kappa shape index (κ1) is 17.4. The summed E-state index contributed by atoms with van der Waals surface area (Å²) >= 11 is 0. The predicted octanol–water partition coefficient (Wildman–Crippen LogP) is 1.96. The molecule has 2 aromatic rings. The van der Waals surface area contributed by atoms with Crippen LogP contribution in [0.3, 0.4) is 0 Å². The molecule has 0 radical (unpaired) electrons. The van der Waals surface area contributed by atoms with E-state index < -0.39 is 18.0 Å². The number of esters is 2. The Labute approximate surface area is 154 Å². The Hall–Kier alpha value is -3.03. The van der Waals surface area contributed by atoms with Crippen molar-refractivity contribution >= 4 is 22.7 Å². The van der Waals surface area contributed by atoms with Crippen LogP contribution >= 0.6 is 0 Å². The first-order valence-electron chi connectivity index (χ1n) is 8.91. The minimum Gasteiger partial charge on any atom is -0.464 e. The van der Waals surface area contributed by atoms with E-state index in [2.05, 4.69) is 0 Å². The Kier molecular flexibility index (Phi) is 4.25. The van der Waals surface area contributed by atoms with Gasteiger partial charge in [-0.3, -0.25) is 9.36 Å². The molecule has 0 saturated heterocycles. The Bertz CT molecular complexity index is 1010. The number of carbonyl (C=O) groups excluding carboxylic acids is 2. The van der Waals surface area contributed by atoms with Crippen LogP contribution in [0.25, 0.3) is 10.8 Å². The molecule has 0 fully saturated rings. The van der Waals surface area contributed by atoms with Crippen LogP contribution in [0.5, 0.6) is 11.5 Å². The molecule has 8 nitrogen and oxygen atoms in total. The van der Waals surface area contributed by atoms with Crippen LogP contribution in [0.2, 0.25) is 0 Å². The highest BCUT2D eigenvalue weighted by Crippen LogP contribution is 2.39. The third-order valence-corrected chi connectivity index (χ3v) is 4.82. The first-order chi connectivity index (χ1) is 13.1. The Morgan fingerprint density at radius 2 is 1.78 bits per heavy atom. The smallest absolute Gasteiger partial charge is 0.340 e. The quantitative estimate of drug-likeness (QED) is 0.756. The van der Waals surface area contributed by atoms with Gasteiger partial charge in [-0.05, 0) is 38.8 Å². The lowest BCUT2D eigenvalue weighted by Crippen LogP contribution is -2.30. The topological polar surface area (TPSA) is 93.1 Å². The van der Waals surface area contributed by atoms with E-state index in [4.69, 9.17) is 18.9 Å². The second kappa shape index (κ2) is 6.61. The summed E-state index contributed by atoms with van der Waals surface area (Å²) < 4.78 is 22.5. The summed E-state index contributed by atoms with van der Waals surface area (Å²) in [5, 5.41) is 0.723. The van der Waals surface area contributed by atoms with E-state index in [1.807, 2.05) is 0 Å². The molecule has 0 unspecified atom stereocenters. The third kappa shape index (κ3) is 2.63. The van der Waals surface area contributed by atoms with Crippen LogP contribution in [-0.4, -0.2) is 36.5 Å². The van der Waals surface area contributed by atoms with Crippen molar-refractivity contribution in [3.8, 4) is 11.5 Å². The predicted molar refractivity (Wildman–Crippen MR) is 94.3 cm³/mol. The van der Waals surface area contributed by atoms with E-state index >= 15 is 0 Å². The molecule has 8 heteroatoms. The first-order valence-corrected chi connectivity index (χ1v) is 8.91. The van der Waals surface area contributed by atoms with Gasteiger partial charge in [0.1, 0.15) is 6.04 Å². The number of benzene rings is 1. The fourth-order valence-corrected chi connectivity index (χ4v) is 3.72. The number of rotatable bonds is 4. The SMILES string of the molecule is CCOC(=O)c1c2n(c(=O)c3cc4c(cc13)OCO4)[C@H](C(=O)OCC)CC2. The fourth-order valence-electron chi connectivity index (χ4n) is 3.72. The van der Waals surface area contributed by atoms with Gasteiger partial charge in [0.05, 0.1) is 24.2 Å². The van der Waals surface area contributed by atoms with E-state index in [0.29, 0.717) is 35.4 Å². The Morgan fingerprint density at radius 1 is 1.11 bits per heavy atom. The maximum atomic E-state index is 13.2. The van der Waals surface area contributed by atoms with Crippen molar-refractivity contribution in [3.05, 3.63) is 33.7 Å². The van der Waals surface area contributed by atoms with Gasteiger partial charge in [-0.2, -0.15) is 0 Å². The van der Waals surface area contributed by atoms with Crippen LogP contribution in [0.4, 0.5) is 0 Å². The number of fused-ring (bicyclic) bond motifs is 3.